The van der Waals surface area contributed by atoms with Crippen LogP contribution < -0.4 is 0 Å². The quantitative estimate of drug-likeness (QED) is 0.481. The van der Waals surface area contributed by atoms with Gasteiger partial charge in [0.1, 0.15) is 6.33 Å². The maximum absolute atomic E-state index is 11.9. The van der Waals surface area contributed by atoms with Crippen molar-refractivity contribution < 1.29 is 4.79 Å². The largest absolute Gasteiger partial charge is 0.312 e. The van der Waals surface area contributed by atoms with Gasteiger partial charge in [0, 0.05) is 12.6 Å². The van der Waals surface area contributed by atoms with Gasteiger partial charge in [0.2, 0.25) is 0 Å². The van der Waals surface area contributed by atoms with E-state index in [0.717, 1.165) is 10.7 Å². The highest BCUT2D eigenvalue weighted by Crippen LogP contribution is 2.15. The Kier molecular flexibility index (Phi) is 3.94. The lowest BCUT2D eigenvalue weighted by atomic mass is 10.1. The van der Waals surface area contributed by atoms with E-state index in [4.69, 9.17) is 0 Å². The second kappa shape index (κ2) is 5.64. The Morgan fingerprint density at radius 1 is 1.44 bits per heavy atom. The molecule has 0 amide bonds. The highest BCUT2D eigenvalue weighted by Gasteiger charge is 2.02. The molecule has 0 bridgehead atoms. The molecular formula is C13H13N3OS. The lowest BCUT2D eigenvalue weighted by Gasteiger charge is -1.97. The van der Waals surface area contributed by atoms with Gasteiger partial charge in [-0.05, 0) is 24.5 Å². The molecule has 0 aliphatic heterocycles. The maximum Gasteiger partial charge on any atom is 0.194 e. The zero-order valence-corrected chi connectivity index (χ0v) is 11.0. The summed E-state index contributed by atoms with van der Waals surface area (Å²) in [4.78, 5) is 11.9. The van der Waals surface area contributed by atoms with Crippen LogP contribution in [-0.2, 0) is 7.05 Å². The van der Waals surface area contributed by atoms with Crippen molar-refractivity contribution in [2.75, 3.05) is 0 Å². The molecule has 4 nitrogen and oxygen atoms in total. The lowest BCUT2D eigenvalue weighted by molar-refractivity contribution is 0.104. The number of allylic oxidation sites excluding steroid dienone is 1. The molecule has 0 radical (unpaired) electrons. The van der Waals surface area contributed by atoms with E-state index >= 15 is 0 Å². The number of aromatic nitrogens is 3. The first-order valence-electron chi connectivity index (χ1n) is 5.45. The van der Waals surface area contributed by atoms with Crippen LogP contribution >= 0.6 is 11.8 Å². The van der Waals surface area contributed by atoms with Gasteiger partial charge in [-0.3, -0.25) is 4.79 Å². The van der Waals surface area contributed by atoms with Crippen LogP contribution in [0, 0.1) is 6.92 Å². The lowest BCUT2D eigenvalue weighted by Crippen LogP contribution is -1.94. The topological polar surface area (TPSA) is 47.8 Å². The first kappa shape index (κ1) is 12.6. The van der Waals surface area contributed by atoms with E-state index in [1.54, 1.807) is 22.4 Å². The summed E-state index contributed by atoms with van der Waals surface area (Å²) in [6, 6.07) is 7.54. The second-order valence-electron chi connectivity index (χ2n) is 3.88. The van der Waals surface area contributed by atoms with Crippen LogP contribution in [0.15, 0.2) is 47.2 Å². The van der Waals surface area contributed by atoms with E-state index in [1.807, 2.05) is 38.2 Å². The third-order valence-electron chi connectivity index (χ3n) is 2.37. The average molecular weight is 259 g/mol. The Hall–Kier alpha value is -1.88. The number of benzene rings is 1. The smallest absolute Gasteiger partial charge is 0.194 e. The Balaban J connectivity index is 2.02. The summed E-state index contributed by atoms with van der Waals surface area (Å²) in [6.07, 6.45) is 3.17. The van der Waals surface area contributed by atoms with Crippen LogP contribution in [0.25, 0.3) is 0 Å². The molecule has 1 heterocycles. The van der Waals surface area contributed by atoms with Gasteiger partial charge >= 0.3 is 0 Å². The van der Waals surface area contributed by atoms with E-state index < -0.39 is 0 Å². The van der Waals surface area contributed by atoms with Crippen molar-refractivity contribution in [1.82, 2.24) is 14.8 Å². The number of hydrogen-bond donors (Lipinski definition) is 0. The van der Waals surface area contributed by atoms with Crippen LogP contribution in [-0.4, -0.2) is 20.5 Å². The molecule has 0 unspecified atom stereocenters. The summed E-state index contributed by atoms with van der Waals surface area (Å²) in [5, 5.41) is 10.2. The van der Waals surface area contributed by atoms with Crippen molar-refractivity contribution >= 4 is 17.5 Å². The number of hydrogen-bond acceptors (Lipinski definition) is 4. The predicted octanol–water partition coefficient (Wildman–Crippen LogP) is 2.61. The van der Waals surface area contributed by atoms with E-state index in [1.165, 1.54) is 11.8 Å². The van der Waals surface area contributed by atoms with Crippen molar-refractivity contribution in [1.29, 1.82) is 0 Å². The molecule has 0 atom stereocenters. The van der Waals surface area contributed by atoms with Crippen molar-refractivity contribution in [2.45, 2.75) is 12.1 Å². The predicted molar refractivity (Wildman–Crippen MR) is 71.5 cm³/mol. The summed E-state index contributed by atoms with van der Waals surface area (Å²) >= 11 is 1.37. The first-order valence-corrected chi connectivity index (χ1v) is 6.33. The minimum atomic E-state index is -0.00614. The van der Waals surface area contributed by atoms with Gasteiger partial charge in [0.15, 0.2) is 10.9 Å². The molecule has 5 heteroatoms. The van der Waals surface area contributed by atoms with Gasteiger partial charge < -0.3 is 4.57 Å². The maximum atomic E-state index is 11.9. The molecule has 1 aromatic heterocycles. The van der Waals surface area contributed by atoms with Crippen LogP contribution in [0.3, 0.4) is 0 Å². The van der Waals surface area contributed by atoms with E-state index in [2.05, 4.69) is 10.2 Å². The molecular weight excluding hydrogens is 246 g/mol. The number of ketones is 1. The molecule has 2 aromatic rings. The molecule has 18 heavy (non-hydrogen) atoms. The normalized spacial score (nSPS) is 11.0. The van der Waals surface area contributed by atoms with Gasteiger partial charge in [-0.2, -0.15) is 0 Å². The summed E-state index contributed by atoms with van der Waals surface area (Å²) in [5.41, 5.74) is 1.78. The number of carbonyl (C=O) groups excluding carboxylic acids is 1. The molecule has 0 spiro atoms. The van der Waals surface area contributed by atoms with Crippen molar-refractivity contribution in [2.24, 2.45) is 7.05 Å². The molecule has 0 saturated carbocycles. The Bertz CT molecular complexity index is 589. The fraction of sp³-hybridized carbons (Fsp3) is 0.154. The third kappa shape index (κ3) is 3.07. The number of rotatable bonds is 4. The van der Waals surface area contributed by atoms with E-state index in [0.29, 0.717) is 5.56 Å². The zero-order chi connectivity index (χ0) is 13.0. The summed E-state index contributed by atoms with van der Waals surface area (Å²) in [7, 11) is 1.86. The van der Waals surface area contributed by atoms with Crippen molar-refractivity contribution in [3.8, 4) is 0 Å². The monoisotopic (exact) mass is 259 g/mol. The highest BCUT2D eigenvalue weighted by molar-refractivity contribution is 8.02. The van der Waals surface area contributed by atoms with Gasteiger partial charge in [-0.15, -0.1) is 10.2 Å². The fourth-order valence-electron chi connectivity index (χ4n) is 1.43. The van der Waals surface area contributed by atoms with Gasteiger partial charge in [0.25, 0.3) is 0 Å². The van der Waals surface area contributed by atoms with Gasteiger partial charge in [-0.25, -0.2) is 0 Å². The van der Waals surface area contributed by atoms with Crippen LogP contribution in [0.4, 0.5) is 0 Å². The van der Waals surface area contributed by atoms with Gasteiger partial charge in [-0.1, -0.05) is 35.5 Å². The molecule has 2 rings (SSSR count). The summed E-state index contributed by atoms with van der Waals surface area (Å²) < 4.78 is 1.80. The van der Waals surface area contributed by atoms with E-state index in [9.17, 15) is 4.79 Å². The molecule has 92 valence electrons. The SMILES string of the molecule is Cc1cccc(C(=O)/C=C/Sc2nncn2C)c1. The molecule has 0 fully saturated rings. The molecule has 0 aliphatic rings. The molecule has 0 saturated heterocycles. The van der Waals surface area contributed by atoms with Crippen LogP contribution in [0.2, 0.25) is 0 Å². The molecule has 0 aliphatic carbocycles. The Labute approximate surface area is 110 Å². The van der Waals surface area contributed by atoms with Crippen molar-refractivity contribution in [3.05, 3.63) is 53.2 Å². The summed E-state index contributed by atoms with van der Waals surface area (Å²) in [6.45, 7) is 1.97. The van der Waals surface area contributed by atoms with Gasteiger partial charge in [0.05, 0.1) is 0 Å². The second-order valence-corrected chi connectivity index (χ2v) is 4.75. The van der Waals surface area contributed by atoms with E-state index in [-0.39, 0.29) is 5.78 Å². The fourth-order valence-corrected chi connectivity index (χ4v) is 2.05. The zero-order valence-electron chi connectivity index (χ0n) is 10.2. The van der Waals surface area contributed by atoms with Crippen LogP contribution in [0.5, 0.6) is 0 Å². The molecule has 0 N–H and O–H groups in total. The number of thioether (sulfide) groups is 1. The minimum Gasteiger partial charge on any atom is -0.312 e. The third-order valence-corrected chi connectivity index (χ3v) is 3.22. The average Bonchev–Trinajstić information content (AvgIpc) is 2.75. The Morgan fingerprint density at radius 2 is 2.28 bits per heavy atom. The number of aryl methyl sites for hydroxylation is 2. The first-order chi connectivity index (χ1) is 8.66. The minimum absolute atomic E-state index is 0.00614. The summed E-state index contributed by atoms with van der Waals surface area (Å²) in [5.74, 6) is -0.00614. The van der Waals surface area contributed by atoms with Crippen LogP contribution in [0.1, 0.15) is 15.9 Å². The standard InChI is InChI=1S/C13H13N3OS/c1-10-4-3-5-11(8-10)12(17)6-7-18-13-15-14-9-16(13)2/h3-9H,1-2H3/b7-6+. The number of carbonyl (C=O) groups is 1. The highest BCUT2D eigenvalue weighted by atomic mass is 32.2. The molecule has 1 aromatic carbocycles. The number of nitrogens with zero attached hydrogens (tertiary/aromatic N) is 3. The van der Waals surface area contributed by atoms with Crippen molar-refractivity contribution in [3.63, 3.8) is 0 Å². The Morgan fingerprint density at radius 3 is 2.94 bits per heavy atom.